The zero-order valence-corrected chi connectivity index (χ0v) is 64.7. The summed E-state index contributed by atoms with van der Waals surface area (Å²) in [6.07, 6.45) is 16.0. The molecule has 15 nitrogen and oxygen atoms in total. The number of thiocarbonyl (C=S) groups is 1. The molecule has 27 heteroatoms. The van der Waals surface area contributed by atoms with Gasteiger partial charge in [-0.05, 0) is 162 Å². The molecule has 0 aliphatic carbocycles. The molecule has 5 aliphatic heterocycles. The number of aromatic amines is 1. The van der Waals surface area contributed by atoms with E-state index in [1.165, 1.54) is 24.6 Å². The number of hydrogen-bond acceptors (Lipinski definition) is 21. The van der Waals surface area contributed by atoms with Crippen molar-refractivity contribution in [3.63, 3.8) is 0 Å². The lowest BCUT2D eigenvalue weighted by Crippen LogP contribution is -2.41. The van der Waals surface area contributed by atoms with Gasteiger partial charge in [0.25, 0.3) is 0 Å². The van der Waals surface area contributed by atoms with Crippen LogP contribution in [0.1, 0.15) is 62.5 Å². The zero-order valence-electron chi connectivity index (χ0n) is 55.2. The highest BCUT2D eigenvalue weighted by Gasteiger charge is 2.32. The molecule has 5 fully saturated rings. The highest BCUT2D eigenvalue weighted by Crippen LogP contribution is 2.48. The minimum absolute atomic E-state index is 0. The SMILES string of the molecule is C.C1CSCCN1.CS/C(=C(\C(=O)c1ccc(Cl)cc1)c1ccncc1)N1CCSCC1.Clc1ccc(-c2[nH]nc(N3CCSCC3)c2-c2ccncc2)cc1.N=N.O=C(C(=C1SCS1)c1ccncc1)c1ccc(Cl)cc1.O=C(c1ccc(Cl)cc1)C(C(=S)N1CCSCC1)c1ccncc1.[HH]. The molecule has 4 aromatic carbocycles. The van der Waals surface area contributed by atoms with Crippen LogP contribution in [0, 0.1) is 11.1 Å². The Kier molecular flexibility index (Phi) is 35.1. The number of carbonyl (C=O) groups is 3. The van der Waals surface area contributed by atoms with Gasteiger partial charge < -0.3 is 20.0 Å². The fourth-order valence-corrected chi connectivity index (χ4v) is 17.7. The number of nitrogens with zero attached hydrogens (tertiary/aromatic N) is 8. The third kappa shape index (κ3) is 23.7. The Balaban J connectivity index is 0.000000184. The average Bonchev–Trinajstić information content (AvgIpc) is 1.72. The van der Waals surface area contributed by atoms with Crippen LogP contribution in [0.2, 0.25) is 20.1 Å². The van der Waals surface area contributed by atoms with E-state index in [0.717, 1.165) is 149 Å². The summed E-state index contributed by atoms with van der Waals surface area (Å²) < 4.78 is 1.08. The first-order valence-corrected chi connectivity index (χ1v) is 41.9. The van der Waals surface area contributed by atoms with Crippen LogP contribution >= 0.6 is 141 Å². The number of allylic oxidation sites excluding steroid dienone is 2. The number of halogens is 4. The number of H-pyrrole nitrogens is 1. The lowest BCUT2D eigenvalue weighted by molar-refractivity contribution is 0.0978. The second-order valence-electron chi connectivity index (χ2n) is 22.2. The molecule has 5 saturated heterocycles. The Morgan fingerprint density at radius 3 is 1.38 bits per heavy atom. The van der Waals surface area contributed by atoms with Gasteiger partial charge in [-0.1, -0.05) is 78.2 Å². The predicted octanol–water partition coefficient (Wildman–Crippen LogP) is 19.6. The Labute approximate surface area is 654 Å². The monoisotopic (exact) mass is 1590 g/mol. The molecule has 0 spiro atoms. The predicted molar refractivity (Wildman–Crippen MR) is 447 cm³/mol. The van der Waals surface area contributed by atoms with E-state index >= 15 is 0 Å². The zero-order chi connectivity index (χ0) is 71.1. The van der Waals surface area contributed by atoms with Crippen molar-refractivity contribution in [2.24, 2.45) is 0 Å². The molecule has 10 heterocycles. The Bertz CT molecular complexity index is 4130. The van der Waals surface area contributed by atoms with E-state index in [4.69, 9.17) is 69.7 Å². The van der Waals surface area contributed by atoms with E-state index in [2.05, 4.69) is 50.1 Å². The standard InChI is InChI=1S/C19H19ClN2OS2.C18H17ClN4S.C18H17ClN2OS2.C15H10ClNOS2.C4H9NS.CH4.H2N2.H2/c1-24-19(22-10-12-25-13-11-22)17(14-6-8-21-9-7-14)18(23)15-2-4-16(20)5-3-15;19-15-3-1-14(2-4-15)17-16(13-5-7-20-8-6-13)18(22-21-17)23-9-11-24-12-10-23;19-15-3-1-14(2-4-15)17(22)16(13-5-7-20-8-6-13)18(23)21-9-11-24-12-10-21;16-12-3-1-11(2-4-12)14(18)13(15-19-9-20-15)10-5-7-17-8-6-10;1-3-6-4-2-5-1;;1-2;/h2-9H,10-13H2,1H3;1-8H,9-12H2,(H,21,22);1-8,16H,9-12H2;1-8H,9H2;5H,1-4H2;1H4;1-2H;1H/b19-17-;;;;;;;. The number of nitrogens with one attached hydrogen (secondary N) is 4. The van der Waals surface area contributed by atoms with Gasteiger partial charge in [0.1, 0.15) is 0 Å². The molecule has 534 valence electrons. The molecular formula is C75H80Cl4N12O3S8. The van der Waals surface area contributed by atoms with Crippen LogP contribution in [0.15, 0.2) is 204 Å². The first-order valence-electron chi connectivity index (χ1n) is 32.1. The highest BCUT2D eigenvalue weighted by atomic mass is 35.5. The van der Waals surface area contributed by atoms with E-state index in [1.807, 2.05) is 138 Å². The van der Waals surface area contributed by atoms with E-state index in [-0.39, 0.29) is 26.2 Å². The van der Waals surface area contributed by atoms with Crippen LogP contribution in [0.4, 0.5) is 5.82 Å². The Morgan fingerprint density at radius 2 is 0.931 bits per heavy atom. The molecule has 0 bridgehead atoms. The van der Waals surface area contributed by atoms with Gasteiger partial charge in [-0.3, -0.25) is 39.4 Å². The molecule has 9 aromatic rings. The van der Waals surface area contributed by atoms with Gasteiger partial charge in [0.15, 0.2) is 23.2 Å². The maximum absolute atomic E-state index is 13.3. The van der Waals surface area contributed by atoms with Crippen molar-refractivity contribution in [2.45, 2.75) is 13.3 Å². The first-order chi connectivity index (χ1) is 49.4. The minimum atomic E-state index is -0.465. The van der Waals surface area contributed by atoms with Crippen LogP contribution < -0.4 is 10.2 Å². The number of Topliss-reactive ketones (excluding diaryl/α,β-unsaturated/α-hetero) is 3. The summed E-state index contributed by atoms with van der Waals surface area (Å²) in [5.41, 5.74) is 20.5. The van der Waals surface area contributed by atoms with Crippen molar-refractivity contribution in [3.05, 3.63) is 258 Å². The number of ketones is 3. The van der Waals surface area contributed by atoms with Gasteiger partial charge in [-0.25, -0.2) is 11.1 Å². The van der Waals surface area contributed by atoms with Crippen LogP contribution in [0.25, 0.3) is 33.5 Å². The summed E-state index contributed by atoms with van der Waals surface area (Å²) in [6, 6.07) is 44.3. The van der Waals surface area contributed by atoms with Crippen molar-refractivity contribution in [1.29, 1.82) is 11.1 Å². The highest BCUT2D eigenvalue weighted by molar-refractivity contribution is 8.37. The van der Waals surface area contributed by atoms with Gasteiger partial charge >= 0.3 is 0 Å². The van der Waals surface area contributed by atoms with Crippen LogP contribution in [0.3, 0.4) is 0 Å². The van der Waals surface area contributed by atoms with E-state index in [0.29, 0.717) is 36.7 Å². The molecule has 0 saturated carbocycles. The van der Waals surface area contributed by atoms with Crippen LogP contribution in [-0.4, -0.2) is 172 Å². The normalized spacial score (nSPS) is 15.2. The number of thioether (sulfide) groups is 7. The van der Waals surface area contributed by atoms with E-state index in [1.54, 1.807) is 145 Å². The third-order valence-corrected chi connectivity index (χ3v) is 24.6. The van der Waals surface area contributed by atoms with Gasteiger partial charge in [-0.15, -0.1) is 35.3 Å². The van der Waals surface area contributed by atoms with Crippen LogP contribution in [-0.2, 0) is 0 Å². The topological polar surface area (TPSA) is 201 Å². The molecule has 102 heavy (non-hydrogen) atoms. The molecule has 1 unspecified atom stereocenters. The molecular weight excluding hydrogens is 1520 g/mol. The van der Waals surface area contributed by atoms with Crippen molar-refractivity contribution in [1.82, 2.24) is 45.2 Å². The second kappa shape index (κ2) is 44.0. The van der Waals surface area contributed by atoms with Crippen LogP contribution in [0.5, 0.6) is 0 Å². The Hall–Kier alpha value is -6.16. The number of anilines is 1. The van der Waals surface area contributed by atoms with Gasteiger partial charge in [0.05, 0.1) is 37.0 Å². The van der Waals surface area contributed by atoms with Gasteiger partial charge in [-0.2, -0.15) is 52.1 Å². The largest absolute Gasteiger partial charge is 0.364 e. The number of aromatic nitrogens is 6. The van der Waals surface area contributed by atoms with E-state index in [9.17, 15) is 14.4 Å². The molecule has 0 amide bonds. The fraction of sp³-hybridized carbons (Fsp3) is 0.267. The third-order valence-electron chi connectivity index (χ3n) is 15.9. The van der Waals surface area contributed by atoms with Crippen molar-refractivity contribution in [2.75, 3.05) is 115 Å². The van der Waals surface area contributed by atoms with Crippen molar-refractivity contribution in [3.8, 4) is 22.4 Å². The average molecular weight is 1600 g/mol. The number of carbonyl (C=O) groups excluding carboxylic acids is 3. The number of pyridine rings is 4. The summed E-state index contributed by atoms with van der Waals surface area (Å²) in [7, 11) is 0. The molecule has 5 aliphatic rings. The minimum Gasteiger partial charge on any atom is -0.364 e. The van der Waals surface area contributed by atoms with E-state index < -0.39 is 5.92 Å². The summed E-state index contributed by atoms with van der Waals surface area (Å²) in [6.45, 7) is 8.17. The van der Waals surface area contributed by atoms with Gasteiger partial charge in [0.2, 0.25) is 0 Å². The van der Waals surface area contributed by atoms with Gasteiger partial charge in [0, 0.05) is 202 Å². The summed E-state index contributed by atoms with van der Waals surface area (Å²) >= 11 is 42.5. The summed E-state index contributed by atoms with van der Waals surface area (Å²) in [5.74, 6) is 9.74. The van der Waals surface area contributed by atoms with Crippen molar-refractivity contribution >= 4 is 180 Å². The lowest BCUT2D eigenvalue weighted by Gasteiger charge is -2.32. The number of hydrogen-bond donors (Lipinski definition) is 4. The summed E-state index contributed by atoms with van der Waals surface area (Å²) in [4.78, 5) is 63.1. The number of rotatable bonds is 15. The summed E-state index contributed by atoms with van der Waals surface area (Å²) in [5, 5.41) is 15.8. The smallest absolute Gasteiger partial charge is 0.196 e. The molecule has 1 atom stereocenters. The Morgan fingerprint density at radius 1 is 0.510 bits per heavy atom. The first kappa shape index (κ1) is 81.5. The number of benzene rings is 4. The fourth-order valence-electron chi connectivity index (χ4n) is 10.8. The molecule has 14 rings (SSSR count). The van der Waals surface area contributed by atoms with Crippen molar-refractivity contribution < 1.29 is 15.8 Å². The quantitative estimate of drug-likeness (QED) is 0.0326. The second-order valence-corrected chi connectivity index (χ2v) is 32.7. The lowest BCUT2D eigenvalue weighted by atomic mass is 9.90. The molecule has 0 radical (unpaired) electrons. The maximum Gasteiger partial charge on any atom is 0.196 e. The molecule has 4 N–H and O–H groups in total. The maximum atomic E-state index is 13.3. The molecule has 5 aromatic heterocycles.